The molecule has 0 fully saturated rings. The van der Waals surface area contributed by atoms with Crippen molar-refractivity contribution in [3.63, 3.8) is 0 Å². The fourth-order valence-electron chi connectivity index (χ4n) is 1.75. The third-order valence-corrected chi connectivity index (χ3v) is 2.82. The van der Waals surface area contributed by atoms with Gasteiger partial charge in [-0.05, 0) is 36.8 Å². The minimum atomic E-state index is -0.581. The second-order valence-electron chi connectivity index (χ2n) is 4.45. The van der Waals surface area contributed by atoms with Crippen LogP contribution in [0.4, 0.5) is 26.5 Å². The lowest BCUT2D eigenvalue weighted by Gasteiger charge is -2.10. The fraction of sp³-hybridized carbons (Fsp3) is 0.200. The number of anilines is 3. The smallest absolute Gasteiger partial charge is 0.411 e. The summed E-state index contributed by atoms with van der Waals surface area (Å²) in [6.07, 6.45) is -0.581. The van der Waals surface area contributed by atoms with Gasteiger partial charge in [-0.2, -0.15) is 0 Å². The summed E-state index contributed by atoms with van der Waals surface area (Å²) in [7, 11) is 0. The molecule has 0 atom stereocenters. The number of ether oxygens (including phenoxy) is 1. The summed E-state index contributed by atoms with van der Waals surface area (Å²) < 4.78 is 17.6. The number of nitrogens with zero attached hydrogens (tertiary/aromatic N) is 1. The molecule has 4 N–H and O–H groups in total. The first kappa shape index (κ1) is 18.7. The molecule has 23 heavy (non-hydrogen) atoms. The highest BCUT2D eigenvalue weighted by atomic mass is 79.9. The maximum absolute atomic E-state index is 12.8. The molecule has 124 valence electrons. The summed E-state index contributed by atoms with van der Waals surface area (Å²) in [6.45, 7) is 2.47. The van der Waals surface area contributed by atoms with Gasteiger partial charge in [-0.1, -0.05) is 12.1 Å². The van der Waals surface area contributed by atoms with Gasteiger partial charge in [-0.15, -0.1) is 17.0 Å². The van der Waals surface area contributed by atoms with Crippen LogP contribution in [0, 0.1) is 5.82 Å². The van der Waals surface area contributed by atoms with Crippen molar-refractivity contribution in [3.8, 4) is 0 Å². The van der Waals surface area contributed by atoms with E-state index in [1.807, 2.05) is 0 Å². The number of rotatable bonds is 5. The van der Waals surface area contributed by atoms with E-state index in [1.54, 1.807) is 31.2 Å². The molecule has 0 saturated heterocycles. The fourth-order valence-corrected chi connectivity index (χ4v) is 1.75. The zero-order chi connectivity index (χ0) is 15.9. The predicted molar refractivity (Wildman–Crippen MR) is 93.3 cm³/mol. The van der Waals surface area contributed by atoms with E-state index < -0.39 is 6.09 Å². The van der Waals surface area contributed by atoms with E-state index in [4.69, 9.17) is 10.5 Å². The Morgan fingerprint density at radius 2 is 1.96 bits per heavy atom. The molecule has 0 bridgehead atoms. The Bertz CT molecular complexity index is 652. The number of carbonyl (C=O) groups excluding carboxylic acids is 1. The van der Waals surface area contributed by atoms with Gasteiger partial charge in [0.15, 0.2) is 0 Å². The van der Waals surface area contributed by atoms with E-state index in [1.165, 1.54) is 12.1 Å². The number of nitrogen functional groups attached to an aromatic ring is 1. The number of hydrogen-bond donors (Lipinski definition) is 3. The normalized spacial score (nSPS) is 9.65. The highest BCUT2D eigenvalue weighted by Crippen LogP contribution is 2.19. The lowest BCUT2D eigenvalue weighted by Crippen LogP contribution is -2.15. The number of carbonyl (C=O) groups is 1. The lowest BCUT2D eigenvalue weighted by atomic mass is 10.2. The molecule has 1 aromatic carbocycles. The average molecular weight is 385 g/mol. The van der Waals surface area contributed by atoms with Gasteiger partial charge in [0.1, 0.15) is 17.5 Å². The lowest BCUT2D eigenvalue weighted by molar-refractivity contribution is 0.168. The van der Waals surface area contributed by atoms with E-state index in [0.717, 1.165) is 5.56 Å². The number of aromatic nitrogens is 1. The Kier molecular flexibility index (Phi) is 7.27. The minimum absolute atomic E-state index is 0. The maximum atomic E-state index is 12.8. The van der Waals surface area contributed by atoms with Crippen LogP contribution >= 0.6 is 17.0 Å². The van der Waals surface area contributed by atoms with Gasteiger partial charge in [0.2, 0.25) is 0 Å². The van der Waals surface area contributed by atoms with Gasteiger partial charge in [0, 0.05) is 6.54 Å². The Morgan fingerprint density at radius 3 is 2.57 bits per heavy atom. The Labute approximate surface area is 144 Å². The number of halogens is 2. The van der Waals surface area contributed by atoms with Crippen LogP contribution < -0.4 is 16.4 Å². The van der Waals surface area contributed by atoms with Gasteiger partial charge >= 0.3 is 6.09 Å². The SMILES string of the molecule is Br.CCOC(=O)Nc1ccc(NCc2ccc(F)cc2)nc1N. The van der Waals surface area contributed by atoms with Crippen LogP contribution in [0.2, 0.25) is 0 Å². The van der Waals surface area contributed by atoms with Gasteiger partial charge in [-0.3, -0.25) is 5.32 Å². The molecule has 8 heteroatoms. The van der Waals surface area contributed by atoms with Crippen LogP contribution in [0.15, 0.2) is 36.4 Å². The van der Waals surface area contributed by atoms with Gasteiger partial charge in [-0.25, -0.2) is 14.2 Å². The highest BCUT2D eigenvalue weighted by molar-refractivity contribution is 8.93. The van der Waals surface area contributed by atoms with E-state index in [-0.39, 0.29) is 35.2 Å². The van der Waals surface area contributed by atoms with Crippen LogP contribution in [0.25, 0.3) is 0 Å². The van der Waals surface area contributed by atoms with Crippen LogP contribution in [0.1, 0.15) is 12.5 Å². The highest BCUT2D eigenvalue weighted by Gasteiger charge is 2.07. The van der Waals surface area contributed by atoms with E-state index in [2.05, 4.69) is 15.6 Å². The Balaban J connectivity index is 0.00000264. The number of hydrogen-bond acceptors (Lipinski definition) is 5. The number of nitrogens with one attached hydrogen (secondary N) is 2. The van der Waals surface area contributed by atoms with Crippen LogP contribution in [-0.4, -0.2) is 17.7 Å². The first-order valence-corrected chi connectivity index (χ1v) is 6.77. The van der Waals surface area contributed by atoms with Gasteiger partial charge in [0.25, 0.3) is 0 Å². The Hall–Kier alpha value is -2.35. The third-order valence-electron chi connectivity index (χ3n) is 2.82. The van der Waals surface area contributed by atoms with Crippen LogP contribution in [0.3, 0.4) is 0 Å². The zero-order valence-corrected chi connectivity index (χ0v) is 14.2. The molecule has 0 unspecified atom stereocenters. The zero-order valence-electron chi connectivity index (χ0n) is 12.5. The molecular formula is C15H18BrFN4O2. The quantitative estimate of drug-likeness (QED) is 0.733. The van der Waals surface area contributed by atoms with E-state index >= 15 is 0 Å². The van der Waals surface area contributed by atoms with E-state index in [0.29, 0.717) is 18.1 Å². The van der Waals surface area contributed by atoms with Gasteiger partial charge < -0.3 is 15.8 Å². The van der Waals surface area contributed by atoms with Crippen molar-refractivity contribution < 1.29 is 13.9 Å². The largest absolute Gasteiger partial charge is 0.450 e. The molecule has 0 aliphatic rings. The van der Waals surface area contributed by atoms with Crippen molar-refractivity contribution >= 4 is 40.4 Å². The molecule has 2 aromatic rings. The summed E-state index contributed by atoms with van der Waals surface area (Å²) >= 11 is 0. The molecule has 0 saturated carbocycles. The van der Waals surface area contributed by atoms with E-state index in [9.17, 15) is 9.18 Å². The predicted octanol–water partition coefficient (Wildman–Crippen LogP) is 3.56. The maximum Gasteiger partial charge on any atom is 0.411 e. The molecular weight excluding hydrogens is 367 g/mol. The summed E-state index contributed by atoms with van der Waals surface area (Å²) in [4.78, 5) is 15.5. The van der Waals surface area contributed by atoms with Crippen LogP contribution in [-0.2, 0) is 11.3 Å². The van der Waals surface area contributed by atoms with Crippen molar-refractivity contribution in [3.05, 3.63) is 47.8 Å². The monoisotopic (exact) mass is 384 g/mol. The summed E-state index contributed by atoms with van der Waals surface area (Å²) in [5, 5.41) is 5.57. The number of pyridine rings is 1. The molecule has 1 heterocycles. The van der Waals surface area contributed by atoms with Crippen molar-refractivity contribution in [2.45, 2.75) is 13.5 Å². The topological polar surface area (TPSA) is 89.3 Å². The first-order chi connectivity index (χ1) is 10.6. The van der Waals surface area contributed by atoms with Crippen molar-refractivity contribution in [2.75, 3.05) is 23.0 Å². The minimum Gasteiger partial charge on any atom is -0.450 e. The Morgan fingerprint density at radius 1 is 1.26 bits per heavy atom. The third kappa shape index (κ3) is 5.74. The summed E-state index contributed by atoms with van der Waals surface area (Å²) in [6, 6.07) is 9.47. The standard InChI is InChI=1S/C15H17FN4O2.BrH/c1-2-22-15(21)19-12-7-8-13(20-14(12)17)18-9-10-3-5-11(16)6-4-10;/h3-8H,2,9H2,1H3,(H,19,21)(H3,17,18,20);1H. The molecule has 0 radical (unpaired) electrons. The number of amides is 1. The molecule has 1 aromatic heterocycles. The van der Waals surface area contributed by atoms with Crippen molar-refractivity contribution in [1.29, 1.82) is 0 Å². The van der Waals surface area contributed by atoms with Gasteiger partial charge in [0.05, 0.1) is 12.3 Å². The number of benzene rings is 1. The molecule has 0 aliphatic heterocycles. The molecule has 6 nitrogen and oxygen atoms in total. The first-order valence-electron chi connectivity index (χ1n) is 6.77. The van der Waals surface area contributed by atoms with Crippen molar-refractivity contribution in [1.82, 2.24) is 4.98 Å². The number of nitrogens with two attached hydrogens (primary N) is 1. The molecule has 0 spiro atoms. The molecule has 1 amide bonds. The second-order valence-corrected chi connectivity index (χ2v) is 4.45. The summed E-state index contributed by atoms with van der Waals surface area (Å²) in [5.74, 6) is 0.453. The summed E-state index contributed by atoms with van der Waals surface area (Å²) in [5.41, 5.74) is 7.08. The van der Waals surface area contributed by atoms with Crippen LogP contribution in [0.5, 0.6) is 0 Å². The average Bonchev–Trinajstić information content (AvgIpc) is 2.49. The molecule has 0 aliphatic carbocycles. The van der Waals surface area contributed by atoms with Crippen molar-refractivity contribution in [2.24, 2.45) is 0 Å². The molecule has 2 rings (SSSR count). The second kappa shape index (κ2) is 8.94.